The molecule has 0 radical (unpaired) electrons. The summed E-state index contributed by atoms with van der Waals surface area (Å²) >= 11 is 0. The maximum Gasteiger partial charge on any atom is 0.247 e. The molecule has 2 N–H and O–H groups in total. The Morgan fingerprint density at radius 1 is 1.50 bits per heavy atom. The Kier molecular flexibility index (Phi) is 4.03. The number of sulfonamides is 1. The largest absolute Gasteiger partial charge is 0.383 e. The van der Waals surface area contributed by atoms with Gasteiger partial charge in [0.25, 0.3) is 0 Å². The predicted molar refractivity (Wildman–Crippen MR) is 75.3 cm³/mol. The van der Waals surface area contributed by atoms with Crippen LogP contribution >= 0.6 is 0 Å². The summed E-state index contributed by atoms with van der Waals surface area (Å²) in [5.41, 5.74) is 5.62. The van der Waals surface area contributed by atoms with Gasteiger partial charge in [0, 0.05) is 18.8 Å². The van der Waals surface area contributed by atoms with Gasteiger partial charge in [0.2, 0.25) is 10.0 Å². The first-order valence-corrected chi connectivity index (χ1v) is 9.47. The van der Waals surface area contributed by atoms with Crippen molar-refractivity contribution in [2.24, 2.45) is 0 Å². The smallest absolute Gasteiger partial charge is 0.247 e. The quantitative estimate of drug-likeness (QED) is 0.827. The predicted octanol–water partition coefficient (Wildman–Crippen LogP) is -0.138. The maximum atomic E-state index is 12.6. The van der Waals surface area contributed by atoms with Crippen molar-refractivity contribution < 1.29 is 16.8 Å². The normalized spacial score (nSPS) is 22.2. The SMILES string of the molecule is CCN(C1CCS(=O)(=O)C1)S(=O)(=O)c1cccnc1N. The zero-order chi connectivity index (χ0) is 15.0. The molecule has 0 saturated carbocycles. The number of anilines is 1. The van der Waals surface area contributed by atoms with Crippen LogP contribution in [0, 0.1) is 0 Å². The first-order chi connectivity index (χ1) is 9.28. The molecule has 2 rings (SSSR count). The number of hydrogen-bond acceptors (Lipinski definition) is 6. The van der Waals surface area contributed by atoms with Crippen molar-refractivity contribution in [1.82, 2.24) is 9.29 Å². The molecular weight excluding hydrogens is 302 g/mol. The van der Waals surface area contributed by atoms with Gasteiger partial charge in [-0.15, -0.1) is 0 Å². The first-order valence-electron chi connectivity index (χ1n) is 6.20. The Hall–Kier alpha value is -1.19. The lowest BCUT2D eigenvalue weighted by atomic mass is 10.3. The van der Waals surface area contributed by atoms with Crippen molar-refractivity contribution >= 4 is 25.7 Å². The van der Waals surface area contributed by atoms with Gasteiger partial charge in [-0.2, -0.15) is 4.31 Å². The standard InChI is InChI=1S/C11H17N3O4S2/c1-2-14(9-5-7-19(15,16)8-9)20(17,18)10-4-3-6-13-11(10)12/h3-4,6,9H,2,5,7-8H2,1H3,(H2,12,13). The van der Waals surface area contributed by atoms with E-state index >= 15 is 0 Å². The molecule has 1 saturated heterocycles. The zero-order valence-corrected chi connectivity index (χ0v) is 12.7. The molecule has 1 unspecified atom stereocenters. The molecule has 112 valence electrons. The lowest BCUT2D eigenvalue weighted by Gasteiger charge is -2.26. The van der Waals surface area contributed by atoms with Crippen LogP contribution in [-0.4, -0.2) is 50.2 Å². The van der Waals surface area contributed by atoms with E-state index in [-0.39, 0.29) is 28.8 Å². The fourth-order valence-corrected chi connectivity index (χ4v) is 5.93. The van der Waals surface area contributed by atoms with Crippen LogP contribution in [-0.2, 0) is 19.9 Å². The molecule has 0 aromatic carbocycles. The maximum absolute atomic E-state index is 12.6. The number of nitrogens with two attached hydrogens (primary N) is 1. The minimum Gasteiger partial charge on any atom is -0.383 e. The van der Waals surface area contributed by atoms with Crippen LogP contribution in [0.2, 0.25) is 0 Å². The lowest BCUT2D eigenvalue weighted by Crippen LogP contribution is -2.41. The van der Waals surface area contributed by atoms with E-state index in [1.165, 1.54) is 22.6 Å². The van der Waals surface area contributed by atoms with E-state index in [2.05, 4.69) is 4.98 Å². The second-order valence-corrected chi connectivity index (χ2v) is 8.74. The molecule has 1 aromatic heterocycles. The fraction of sp³-hybridized carbons (Fsp3) is 0.545. The molecule has 1 aromatic rings. The van der Waals surface area contributed by atoms with Crippen molar-refractivity contribution in [3.05, 3.63) is 18.3 Å². The number of aromatic nitrogens is 1. The molecule has 1 fully saturated rings. The number of nitrogens with zero attached hydrogens (tertiary/aromatic N) is 2. The van der Waals surface area contributed by atoms with Crippen molar-refractivity contribution in [3.63, 3.8) is 0 Å². The summed E-state index contributed by atoms with van der Waals surface area (Å²) in [7, 11) is -6.99. The van der Waals surface area contributed by atoms with Crippen LogP contribution in [0.5, 0.6) is 0 Å². The molecule has 0 bridgehead atoms. The van der Waals surface area contributed by atoms with Crippen molar-refractivity contribution in [2.75, 3.05) is 23.8 Å². The average Bonchev–Trinajstić information content (AvgIpc) is 2.70. The summed E-state index contributed by atoms with van der Waals surface area (Å²) in [4.78, 5) is 3.69. The van der Waals surface area contributed by atoms with Crippen LogP contribution in [0.4, 0.5) is 5.82 Å². The molecule has 0 spiro atoms. The third-order valence-electron chi connectivity index (χ3n) is 3.31. The summed E-state index contributed by atoms with van der Waals surface area (Å²) in [5, 5.41) is 0. The van der Waals surface area contributed by atoms with E-state index in [9.17, 15) is 16.8 Å². The van der Waals surface area contributed by atoms with Gasteiger partial charge in [0.15, 0.2) is 9.84 Å². The van der Waals surface area contributed by atoms with Crippen LogP contribution in [0.3, 0.4) is 0 Å². The average molecular weight is 319 g/mol. The van der Waals surface area contributed by atoms with Crippen LogP contribution in [0.25, 0.3) is 0 Å². The second-order valence-electron chi connectivity index (χ2n) is 4.65. The third kappa shape index (κ3) is 2.79. The summed E-state index contributed by atoms with van der Waals surface area (Å²) in [6.45, 7) is 1.87. The second kappa shape index (κ2) is 5.30. The van der Waals surface area contributed by atoms with Gasteiger partial charge in [-0.1, -0.05) is 6.92 Å². The van der Waals surface area contributed by atoms with Gasteiger partial charge < -0.3 is 5.73 Å². The van der Waals surface area contributed by atoms with Gasteiger partial charge in [-0.25, -0.2) is 21.8 Å². The molecule has 9 heteroatoms. The highest BCUT2D eigenvalue weighted by Gasteiger charge is 2.38. The number of pyridine rings is 1. The molecule has 2 heterocycles. The highest BCUT2D eigenvalue weighted by Crippen LogP contribution is 2.26. The molecule has 1 aliphatic rings. The number of nitrogen functional groups attached to an aromatic ring is 1. The monoisotopic (exact) mass is 319 g/mol. The van der Waals surface area contributed by atoms with Gasteiger partial charge >= 0.3 is 0 Å². The molecule has 7 nitrogen and oxygen atoms in total. The Morgan fingerprint density at radius 2 is 2.20 bits per heavy atom. The van der Waals surface area contributed by atoms with E-state index in [0.717, 1.165) is 0 Å². The van der Waals surface area contributed by atoms with E-state index in [1.807, 2.05) is 0 Å². The first kappa shape index (κ1) is 15.2. The van der Waals surface area contributed by atoms with Crippen molar-refractivity contribution in [3.8, 4) is 0 Å². The van der Waals surface area contributed by atoms with Gasteiger partial charge in [0.05, 0.1) is 11.5 Å². The third-order valence-corrected chi connectivity index (χ3v) is 7.14. The van der Waals surface area contributed by atoms with E-state index < -0.39 is 25.9 Å². The minimum absolute atomic E-state index is 0.0200. The summed E-state index contributed by atoms with van der Waals surface area (Å²) < 4.78 is 49.5. The van der Waals surface area contributed by atoms with Gasteiger partial charge in [0.1, 0.15) is 10.7 Å². The van der Waals surface area contributed by atoms with Gasteiger partial charge in [-0.3, -0.25) is 0 Å². The Balaban J connectivity index is 2.39. The molecule has 20 heavy (non-hydrogen) atoms. The van der Waals surface area contributed by atoms with Crippen LogP contribution in [0.1, 0.15) is 13.3 Å². The lowest BCUT2D eigenvalue weighted by molar-refractivity contribution is 0.354. The molecule has 0 aliphatic carbocycles. The summed E-state index contributed by atoms with van der Waals surface area (Å²) in [6.07, 6.45) is 1.72. The van der Waals surface area contributed by atoms with E-state index in [1.54, 1.807) is 6.92 Å². The molecule has 1 aliphatic heterocycles. The highest BCUT2D eigenvalue weighted by atomic mass is 32.2. The molecule has 0 amide bonds. The Morgan fingerprint density at radius 3 is 2.70 bits per heavy atom. The highest BCUT2D eigenvalue weighted by molar-refractivity contribution is 7.92. The topological polar surface area (TPSA) is 110 Å². The van der Waals surface area contributed by atoms with E-state index in [4.69, 9.17) is 5.73 Å². The van der Waals surface area contributed by atoms with Gasteiger partial charge in [-0.05, 0) is 18.6 Å². The molecular formula is C11H17N3O4S2. The van der Waals surface area contributed by atoms with Crippen molar-refractivity contribution in [2.45, 2.75) is 24.3 Å². The zero-order valence-electron chi connectivity index (χ0n) is 11.1. The Bertz CT molecular complexity index is 700. The Labute approximate surface area is 118 Å². The summed E-state index contributed by atoms with van der Waals surface area (Å²) in [6, 6.07) is 2.33. The van der Waals surface area contributed by atoms with Crippen LogP contribution < -0.4 is 5.73 Å². The van der Waals surface area contributed by atoms with Crippen molar-refractivity contribution in [1.29, 1.82) is 0 Å². The number of rotatable bonds is 4. The van der Waals surface area contributed by atoms with E-state index in [0.29, 0.717) is 6.42 Å². The number of sulfone groups is 1. The number of hydrogen-bond donors (Lipinski definition) is 1. The van der Waals surface area contributed by atoms with Crippen LogP contribution in [0.15, 0.2) is 23.2 Å². The minimum atomic E-state index is -3.83. The fourth-order valence-electron chi connectivity index (χ4n) is 2.37. The summed E-state index contributed by atoms with van der Waals surface area (Å²) in [5.74, 6) is -0.196. The molecule has 1 atom stereocenters.